The summed E-state index contributed by atoms with van der Waals surface area (Å²) in [6, 6.07) is 4.13. The Labute approximate surface area is 63.9 Å². The standard InChI is InChI=1S/C7H5BFO2/c9-4-1-2-5-6(3-4)8-11-7(5)10/h1-3,7,10H. The van der Waals surface area contributed by atoms with Crippen LogP contribution in [0.5, 0.6) is 0 Å². The van der Waals surface area contributed by atoms with Crippen molar-refractivity contribution in [2.45, 2.75) is 6.29 Å². The lowest BCUT2D eigenvalue weighted by Crippen LogP contribution is -2.11. The number of hydrogen-bond acceptors (Lipinski definition) is 2. The lowest BCUT2D eigenvalue weighted by atomic mass is 9.87. The first-order chi connectivity index (χ1) is 5.27. The maximum absolute atomic E-state index is 12.5. The van der Waals surface area contributed by atoms with Gasteiger partial charge in [0, 0.05) is 5.56 Å². The van der Waals surface area contributed by atoms with Crippen LogP contribution in [-0.4, -0.2) is 12.6 Å². The van der Waals surface area contributed by atoms with E-state index >= 15 is 0 Å². The highest BCUT2D eigenvalue weighted by atomic mass is 19.1. The van der Waals surface area contributed by atoms with Crippen molar-refractivity contribution in [3.8, 4) is 0 Å². The van der Waals surface area contributed by atoms with Crippen molar-refractivity contribution in [3.63, 3.8) is 0 Å². The molecule has 55 valence electrons. The van der Waals surface area contributed by atoms with Crippen LogP contribution >= 0.6 is 0 Å². The third-order valence-corrected chi connectivity index (χ3v) is 1.64. The number of fused-ring (bicyclic) bond motifs is 1. The summed E-state index contributed by atoms with van der Waals surface area (Å²) in [6.07, 6.45) is -0.925. The van der Waals surface area contributed by atoms with Gasteiger partial charge in [-0.25, -0.2) is 4.39 Å². The van der Waals surface area contributed by atoms with Crippen LogP contribution in [-0.2, 0) is 4.65 Å². The van der Waals surface area contributed by atoms with E-state index in [1.807, 2.05) is 0 Å². The van der Waals surface area contributed by atoms with Crippen molar-refractivity contribution in [1.29, 1.82) is 0 Å². The molecule has 1 aliphatic rings. The van der Waals surface area contributed by atoms with Gasteiger partial charge in [-0.05, 0) is 17.6 Å². The summed E-state index contributed by atoms with van der Waals surface area (Å²) in [7, 11) is 1.35. The van der Waals surface area contributed by atoms with E-state index in [0.29, 0.717) is 11.0 Å². The molecule has 0 aliphatic carbocycles. The molecule has 2 nitrogen and oxygen atoms in total. The largest absolute Gasteiger partial charge is 0.407 e. The monoisotopic (exact) mass is 151 g/mol. The lowest BCUT2D eigenvalue weighted by molar-refractivity contribution is -0.00795. The van der Waals surface area contributed by atoms with Crippen LogP contribution in [0.1, 0.15) is 11.9 Å². The summed E-state index contributed by atoms with van der Waals surface area (Å²) in [5.74, 6) is -0.322. The summed E-state index contributed by atoms with van der Waals surface area (Å²) in [6.45, 7) is 0. The SMILES string of the molecule is OC1O[B]c2cc(F)ccc21. The molecule has 1 radical (unpaired) electrons. The highest BCUT2D eigenvalue weighted by Gasteiger charge is 2.22. The van der Waals surface area contributed by atoms with Gasteiger partial charge in [0.1, 0.15) is 5.82 Å². The van der Waals surface area contributed by atoms with Crippen molar-refractivity contribution in [3.05, 3.63) is 29.6 Å². The molecule has 1 unspecified atom stereocenters. The predicted molar refractivity (Wildman–Crippen MR) is 37.8 cm³/mol. The molecular weight excluding hydrogens is 146 g/mol. The van der Waals surface area contributed by atoms with E-state index < -0.39 is 6.29 Å². The number of benzene rings is 1. The minimum Gasteiger partial charge on any atom is -0.407 e. The van der Waals surface area contributed by atoms with E-state index in [1.54, 1.807) is 0 Å². The zero-order valence-electron chi connectivity index (χ0n) is 5.62. The Balaban J connectivity index is 2.50. The van der Waals surface area contributed by atoms with Gasteiger partial charge in [-0.2, -0.15) is 0 Å². The minimum atomic E-state index is -0.925. The summed E-state index contributed by atoms with van der Waals surface area (Å²) in [5, 5.41) is 9.10. The van der Waals surface area contributed by atoms with Gasteiger partial charge >= 0.3 is 7.48 Å². The second kappa shape index (κ2) is 2.32. The molecule has 1 aromatic rings. The van der Waals surface area contributed by atoms with E-state index in [-0.39, 0.29) is 5.82 Å². The first kappa shape index (κ1) is 6.82. The number of hydrogen-bond donors (Lipinski definition) is 1. The molecule has 4 heteroatoms. The molecule has 0 bridgehead atoms. The maximum atomic E-state index is 12.5. The van der Waals surface area contributed by atoms with Crippen LogP contribution in [0.3, 0.4) is 0 Å². The van der Waals surface area contributed by atoms with Crippen molar-refractivity contribution in [1.82, 2.24) is 0 Å². The van der Waals surface area contributed by atoms with E-state index in [1.165, 1.54) is 25.7 Å². The molecule has 0 saturated carbocycles. The Bertz CT molecular complexity index is 290. The number of aliphatic hydroxyl groups is 1. The predicted octanol–water partition coefficient (Wildman–Crippen LogP) is 0.0913. The molecular formula is C7H5BFO2. The Hall–Kier alpha value is -0.865. The number of aliphatic hydroxyl groups excluding tert-OH is 1. The number of rotatable bonds is 0. The molecule has 1 aliphatic heterocycles. The van der Waals surface area contributed by atoms with Crippen LogP contribution in [0.25, 0.3) is 0 Å². The van der Waals surface area contributed by atoms with Gasteiger partial charge in [0.25, 0.3) is 0 Å². The minimum absolute atomic E-state index is 0.322. The fourth-order valence-corrected chi connectivity index (χ4v) is 1.08. The molecule has 0 spiro atoms. The molecule has 1 atom stereocenters. The Morgan fingerprint density at radius 2 is 2.36 bits per heavy atom. The van der Waals surface area contributed by atoms with Crippen LogP contribution in [0.4, 0.5) is 4.39 Å². The normalized spacial score (nSPS) is 21.1. The molecule has 1 heterocycles. The zero-order valence-corrected chi connectivity index (χ0v) is 5.62. The van der Waals surface area contributed by atoms with Crippen molar-refractivity contribution >= 4 is 12.9 Å². The van der Waals surface area contributed by atoms with Crippen LogP contribution in [0.2, 0.25) is 0 Å². The van der Waals surface area contributed by atoms with Gasteiger partial charge in [-0.3, -0.25) is 0 Å². The molecule has 0 saturated heterocycles. The summed E-state index contributed by atoms with van der Waals surface area (Å²) < 4.78 is 17.3. The molecule has 0 aromatic heterocycles. The molecule has 11 heavy (non-hydrogen) atoms. The van der Waals surface area contributed by atoms with E-state index in [4.69, 9.17) is 9.76 Å². The zero-order chi connectivity index (χ0) is 7.84. The Morgan fingerprint density at radius 1 is 1.55 bits per heavy atom. The van der Waals surface area contributed by atoms with Crippen LogP contribution in [0, 0.1) is 5.82 Å². The third-order valence-electron chi connectivity index (χ3n) is 1.64. The van der Waals surface area contributed by atoms with Gasteiger partial charge < -0.3 is 9.76 Å². The molecule has 2 rings (SSSR count). The smallest absolute Gasteiger partial charge is 0.334 e. The van der Waals surface area contributed by atoms with Gasteiger partial charge in [-0.15, -0.1) is 0 Å². The summed E-state index contributed by atoms with van der Waals surface area (Å²) >= 11 is 0. The second-order valence-corrected chi connectivity index (χ2v) is 2.38. The molecule has 0 amide bonds. The van der Waals surface area contributed by atoms with Crippen molar-refractivity contribution < 1.29 is 14.2 Å². The van der Waals surface area contributed by atoms with E-state index in [2.05, 4.69) is 0 Å². The first-order valence-electron chi connectivity index (χ1n) is 3.23. The average molecular weight is 151 g/mol. The van der Waals surface area contributed by atoms with Crippen LogP contribution < -0.4 is 5.46 Å². The van der Waals surface area contributed by atoms with Gasteiger partial charge in [0.05, 0.1) is 0 Å². The Kier molecular flexibility index (Phi) is 1.44. The van der Waals surface area contributed by atoms with Gasteiger partial charge in [0.15, 0.2) is 6.29 Å². The number of halogens is 1. The lowest BCUT2D eigenvalue weighted by Gasteiger charge is -2.01. The molecule has 0 fully saturated rings. The third kappa shape index (κ3) is 1.04. The van der Waals surface area contributed by atoms with E-state index in [9.17, 15) is 4.39 Å². The second-order valence-electron chi connectivity index (χ2n) is 2.38. The van der Waals surface area contributed by atoms with Crippen LogP contribution in [0.15, 0.2) is 18.2 Å². The van der Waals surface area contributed by atoms with Gasteiger partial charge in [-0.1, -0.05) is 6.07 Å². The first-order valence-corrected chi connectivity index (χ1v) is 3.23. The fraction of sp³-hybridized carbons (Fsp3) is 0.143. The van der Waals surface area contributed by atoms with Crippen molar-refractivity contribution in [2.24, 2.45) is 0 Å². The fourth-order valence-electron chi connectivity index (χ4n) is 1.08. The molecule has 1 N–H and O–H groups in total. The quantitative estimate of drug-likeness (QED) is 0.532. The summed E-state index contributed by atoms with van der Waals surface area (Å²) in [4.78, 5) is 0. The average Bonchev–Trinajstić information content (AvgIpc) is 2.32. The molecule has 1 aromatic carbocycles. The summed E-state index contributed by atoms with van der Waals surface area (Å²) in [5.41, 5.74) is 1.23. The van der Waals surface area contributed by atoms with Gasteiger partial charge in [0.2, 0.25) is 0 Å². The Morgan fingerprint density at radius 3 is 3.18 bits per heavy atom. The van der Waals surface area contributed by atoms with E-state index in [0.717, 1.165) is 0 Å². The highest BCUT2D eigenvalue weighted by Crippen LogP contribution is 2.17. The highest BCUT2D eigenvalue weighted by molar-refractivity contribution is 6.49. The van der Waals surface area contributed by atoms with Crippen molar-refractivity contribution in [2.75, 3.05) is 0 Å². The topological polar surface area (TPSA) is 29.5 Å². The maximum Gasteiger partial charge on any atom is 0.334 e.